The van der Waals surface area contributed by atoms with E-state index in [1.54, 1.807) is 0 Å². The molecule has 2 fully saturated rings. The molecule has 0 spiro atoms. The molecule has 96 valence electrons. The molecule has 0 atom stereocenters. The maximum atomic E-state index is 12.1. The number of piperidine rings is 1. The maximum absolute atomic E-state index is 12.1. The minimum absolute atomic E-state index is 0.142. The molecule has 0 N–H and O–H groups in total. The maximum Gasteiger partial charge on any atom is 0.410 e. The van der Waals surface area contributed by atoms with Gasteiger partial charge in [-0.3, -0.25) is 0 Å². The van der Waals surface area contributed by atoms with E-state index in [4.69, 9.17) is 4.74 Å². The van der Waals surface area contributed by atoms with Crippen molar-refractivity contribution in [2.75, 3.05) is 24.6 Å². The van der Waals surface area contributed by atoms with Crippen molar-refractivity contribution in [1.82, 2.24) is 4.90 Å². The van der Waals surface area contributed by atoms with Gasteiger partial charge in [0, 0.05) is 25.9 Å². The molecule has 17 heavy (non-hydrogen) atoms. The largest absolute Gasteiger partial charge is 0.438 e. The zero-order valence-electron chi connectivity index (χ0n) is 10.3. The van der Waals surface area contributed by atoms with Crippen LogP contribution in [0.2, 0.25) is 0 Å². The van der Waals surface area contributed by atoms with Crippen molar-refractivity contribution in [3.63, 3.8) is 0 Å². The molecule has 0 aliphatic carbocycles. The molecule has 0 aromatic carbocycles. The van der Waals surface area contributed by atoms with Gasteiger partial charge in [0.15, 0.2) is 0 Å². The monoisotopic (exact) mass is 255 g/mol. The van der Waals surface area contributed by atoms with E-state index in [2.05, 4.69) is 6.58 Å². The van der Waals surface area contributed by atoms with Crippen LogP contribution < -0.4 is 0 Å². The van der Waals surface area contributed by atoms with Crippen molar-refractivity contribution in [2.45, 2.75) is 37.7 Å². The Bertz CT molecular complexity index is 281. The van der Waals surface area contributed by atoms with E-state index in [-0.39, 0.29) is 6.09 Å². The number of amides is 1. The van der Waals surface area contributed by atoms with E-state index < -0.39 is 5.60 Å². The van der Waals surface area contributed by atoms with Gasteiger partial charge in [-0.1, -0.05) is 6.58 Å². The lowest BCUT2D eigenvalue weighted by Gasteiger charge is -2.36. The van der Waals surface area contributed by atoms with Gasteiger partial charge in [0.2, 0.25) is 0 Å². The van der Waals surface area contributed by atoms with Crippen LogP contribution in [0.15, 0.2) is 12.7 Å². The number of likely N-dealkylation sites (tertiary alicyclic amines) is 1. The quantitative estimate of drug-likeness (QED) is 0.710. The number of rotatable bonds is 2. The van der Waals surface area contributed by atoms with Crippen LogP contribution in [0.3, 0.4) is 0 Å². The van der Waals surface area contributed by atoms with Gasteiger partial charge in [-0.25, -0.2) is 4.79 Å². The Morgan fingerprint density at radius 3 is 2.47 bits per heavy atom. The van der Waals surface area contributed by atoms with Crippen molar-refractivity contribution in [1.29, 1.82) is 0 Å². The third-order valence-corrected chi connectivity index (χ3v) is 4.60. The van der Waals surface area contributed by atoms with Gasteiger partial charge in [-0.05, 0) is 36.8 Å². The second kappa shape index (κ2) is 5.80. The molecule has 3 nitrogen and oxygen atoms in total. The summed E-state index contributed by atoms with van der Waals surface area (Å²) >= 11 is 1.92. The van der Waals surface area contributed by atoms with E-state index in [0.29, 0.717) is 0 Å². The molecule has 0 unspecified atom stereocenters. The average molecular weight is 255 g/mol. The Hall–Kier alpha value is -0.640. The lowest BCUT2D eigenvalue weighted by atomic mass is 9.97. The van der Waals surface area contributed by atoms with Gasteiger partial charge in [-0.15, -0.1) is 0 Å². The number of hydrogen-bond donors (Lipinski definition) is 0. The van der Waals surface area contributed by atoms with Gasteiger partial charge < -0.3 is 9.64 Å². The molecule has 2 rings (SSSR count). The Morgan fingerprint density at radius 2 is 1.88 bits per heavy atom. The second-order valence-electron chi connectivity index (χ2n) is 4.80. The summed E-state index contributed by atoms with van der Waals surface area (Å²) in [6, 6.07) is 0. The minimum atomic E-state index is -0.403. The lowest BCUT2D eigenvalue weighted by molar-refractivity contribution is 0.0127. The summed E-state index contributed by atoms with van der Waals surface area (Å²) in [7, 11) is 0. The summed E-state index contributed by atoms with van der Waals surface area (Å²) in [4.78, 5) is 13.9. The van der Waals surface area contributed by atoms with Gasteiger partial charge >= 0.3 is 6.09 Å². The fraction of sp³-hybridized carbons (Fsp3) is 0.769. The number of carbonyl (C=O) groups excluding carboxylic acids is 1. The summed E-state index contributed by atoms with van der Waals surface area (Å²) in [6.45, 7) is 5.55. The first kappa shape index (κ1) is 12.8. The zero-order chi connectivity index (χ0) is 12.1. The first-order chi connectivity index (χ1) is 8.26. The van der Waals surface area contributed by atoms with Gasteiger partial charge in [0.25, 0.3) is 0 Å². The smallest absolute Gasteiger partial charge is 0.410 e. The molecule has 0 aromatic rings. The van der Waals surface area contributed by atoms with Gasteiger partial charge in [-0.2, -0.15) is 11.8 Å². The van der Waals surface area contributed by atoms with E-state index in [1.807, 2.05) is 22.7 Å². The zero-order valence-corrected chi connectivity index (χ0v) is 11.1. The predicted octanol–water partition coefficient (Wildman–Crippen LogP) is 3.06. The van der Waals surface area contributed by atoms with Crippen molar-refractivity contribution < 1.29 is 9.53 Å². The number of ether oxygens (including phenoxy) is 1. The third-order valence-electron chi connectivity index (χ3n) is 3.62. The Kier molecular flexibility index (Phi) is 4.37. The molecule has 2 aliphatic heterocycles. The van der Waals surface area contributed by atoms with Crippen molar-refractivity contribution in [3.8, 4) is 0 Å². The summed E-state index contributed by atoms with van der Waals surface area (Å²) < 4.78 is 5.72. The normalized spacial score (nSPS) is 24.1. The van der Waals surface area contributed by atoms with E-state index >= 15 is 0 Å². The van der Waals surface area contributed by atoms with Crippen LogP contribution in [0.1, 0.15) is 32.1 Å². The topological polar surface area (TPSA) is 29.5 Å². The standard InChI is InChI=1S/C13H21NO2S/c1-2-13(6-10-17-11-7-13)16-12(15)14-8-4-3-5-9-14/h2H,1,3-11H2. The summed E-state index contributed by atoms with van der Waals surface area (Å²) in [6.07, 6.45) is 6.93. The average Bonchev–Trinajstić information content (AvgIpc) is 2.41. The van der Waals surface area contributed by atoms with Crippen LogP contribution in [-0.4, -0.2) is 41.2 Å². The fourth-order valence-corrected chi connectivity index (χ4v) is 3.56. The molecule has 2 aliphatic rings. The highest BCUT2D eigenvalue weighted by molar-refractivity contribution is 7.99. The Balaban J connectivity index is 1.92. The van der Waals surface area contributed by atoms with Crippen LogP contribution in [-0.2, 0) is 4.74 Å². The van der Waals surface area contributed by atoms with Crippen molar-refractivity contribution in [3.05, 3.63) is 12.7 Å². The van der Waals surface area contributed by atoms with E-state index in [0.717, 1.165) is 50.3 Å². The second-order valence-corrected chi connectivity index (χ2v) is 6.02. The van der Waals surface area contributed by atoms with Gasteiger partial charge in [0.05, 0.1) is 0 Å². The molecule has 0 bridgehead atoms. The van der Waals surface area contributed by atoms with Crippen LogP contribution >= 0.6 is 11.8 Å². The number of thioether (sulfide) groups is 1. The molecular formula is C13H21NO2S. The van der Waals surface area contributed by atoms with Crippen molar-refractivity contribution >= 4 is 17.9 Å². The summed E-state index contributed by atoms with van der Waals surface area (Å²) in [5.41, 5.74) is -0.403. The molecule has 0 aromatic heterocycles. The SMILES string of the molecule is C=CC1(OC(=O)N2CCCCC2)CCSCC1. The molecule has 4 heteroatoms. The molecule has 1 amide bonds. The molecular weight excluding hydrogens is 234 g/mol. The van der Waals surface area contributed by atoms with Crippen LogP contribution in [0, 0.1) is 0 Å². The molecule has 0 radical (unpaired) electrons. The number of carbonyl (C=O) groups is 1. The van der Waals surface area contributed by atoms with Crippen molar-refractivity contribution in [2.24, 2.45) is 0 Å². The highest BCUT2D eigenvalue weighted by Crippen LogP contribution is 2.32. The molecule has 0 saturated carbocycles. The predicted molar refractivity (Wildman–Crippen MR) is 71.4 cm³/mol. The first-order valence-corrected chi connectivity index (χ1v) is 7.60. The van der Waals surface area contributed by atoms with Crippen LogP contribution in [0.5, 0.6) is 0 Å². The highest BCUT2D eigenvalue weighted by atomic mass is 32.2. The molecule has 2 saturated heterocycles. The molecule has 2 heterocycles. The number of nitrogens with zero attached hydrogens (tertiary/aromatic N) is 1. The minimum Gasteiger partial charge on any atom is -0.438 e. The first-order valence-electron chi connectivity index (χ1n) is 6.45. The van der Waals surface area contributed by atoms with E-state index in [1.165, 1.54) is 6.42 Å². The van der Waals surface area contributed by atoms with E-state index in [9.17, 15) is 4.79 Å². The van der Waals surface area contributed by atoms with Crippen LogP contribution in [0.4, 0.5) is 4.79 Å². The lowest BCUT2D eigenvalue weighted by Crippen LogP contribution is -2.44. The fourth-order valence-electron chi connectivity index (χ4n) is 2.38. The third kappa shape index (κ3) is 3.18. The Labute approximate surface area is 108 Å². The summed E-state index contributed by atoms with van der Waals surface area (Å²) in [5.74, 6) is 2.11. The summed E-state index contributed by atoms with van der Waals surface area (Å²) in [5, 5.41) is 0. The number of hydrogen-bond acceptors (Lipinski definition) is 3. The Morgan fingerprint density at radius 1 is 1.24 bits per heavy atom. The van der Waals surface area contributed by atoms with Crippen LogP contribution in [0.25, 0.3) is 0 Å². The highest BCUT2D eigenvalue weighted by Gasteiger charge is 2.34. The van der Waals surface area contributed by atoms with Gasteiger partial charge in [0.1, 0.15) is 5.60 Å².